The van der Waals surface area contributed by atoms with E-state index in [9.17, 15) is 0 Å². The molecule has 1 aromatic carbocycles. The predicted octanol–water partition coefficient (Wildman–Crippen LogP) is 2.67. The van der Waals surface area contributed by atoms with Crippen molar-refractivity contribution in [2.24, 2.45) is 5.73 Å². The molecular formula is C14H21NO. The van der Waals surface area contributed by atoms with Crippen LogP contribution in [0.4, 0.5) is 0 Å². The van der Waals surface area contributed by atoms with Crippen LogP contribution >= 0.6 is 0 Å². The molecule has 0 amide bonds. The van der Waals surface area contributed by atoms with Gasteiger partial charge in [-0.15, -0.1) is 6.58 Å². The molecule has 2 heteroatoms. The molecule has 88 valence electrons. The summed E-state index contributed by atoms with van der Waals surface area (Å²) in [6.07, 6.45) is 4.94. The molecule has 2 N–H and O–H groups in total. The zero-order valence-corrected chi connectivity index (χ0v) is 9.82. The van der Waals surface area contributed by atoms with Gasteiger partial charge in [-0.25, -0.2) is 0 Å². The lowest BCUT2D eigenvalue weighted by molar-refractivity contribution is 0.119. The van der Waals surface area contributed by atoms with Crippen molar-refractivity contribution in [3.05, 3.63) is 48.0 Å². The topological polar surface area (TPSA) is 35.2 Å². The highest BCUT2D eigenvalue weighted by molar-refractivity contribution is 5.22. The van der Waals surface area contributed by atoms with Crippen LogP contribution in [0.5, 0.6) is 0 Å². The van der Waals surface area contributed by atoms with E-state index in [1.54, 1.807) is 0 Å². The second-order valence-electron chi connectivity index (χ2n) is 3.84. The number of allylic oxidation sites excluding steroid dienone is 1. The predicted molar refractivity (Wildman–Crippen MR) is 68.3 cm³/mol. The van der Waals surface area contributed by atoms with Crippen LogP contribution in [0.3, 0.4) is 0 Å². The molecule has 2 nitrogen and oxygen atoms in total. The molecule has 0 unspecified atom stereocenters. The molecule has 0 atom stereocenters. The molecule has 0 fully saturated rings. The minimum atomic E-state index is 0.694. The molecule has 16 heavy (non-hydrogen) atoms. The summed E-state index contributed by atoms with van der Waals surface area (Å²) >= 11 is 0. The number of hydrogen-bond acceptors (Lipinski definition) is 2. The van der Waals surface area contributed by atoms with E-state index in [2.05, 4.69) is 30.8 Å². The summed E-state index contributed by atoms with van der Waals surface area (Å²) in [5, 5.41) is 0. The fourth-order valence-electron chi connectivity index (χ4n) is 1.49. The monoisotopic (exact) mass is 219 g/mol. The lowest BCUT2D eigenvalue weighted by Crippen LogP contribution is -2.02. The maximum Gasteiger partial charge on any atom is 0.0716 e. The van der Waals surface area contributed by atoms with Crippen LogP contribution in [0, 0.1) is 0 Å². The number of unbranched alkanes of at least 4 members (excludes halogenated alkanes) is 1. The Morgan fingerprint density at radius 2 is 1.88 bits per heavy atom. The summed E-state index contributed by atoms with van der Waals surface area (Å²) in [7, 11) is 0. The summed E-state index contributed by atoms with van der Waals surface area (Å²) in [5.74, 6) is 0. The average Bonchev–Trinajstić information content (AvgIpc) is 2.31. The fraction of sp³-hybridized carbons (Fsp3) is 0.429. The summed E-state index contributed by atoms with van der Waals surface area (Å²) in [4.78, 5) is 0. The molecule has 0 aliphatic heterocycles. The van der Waals surface area contributed by atoms with Gasteiger partial charge in [0.15, 0.2) is 0 Å². The van der Waals surface area contributed by atoms with Gasteiger partial charge in [-0.05, 0) is 36.9 Å². The van der Waals surface area contributed by atoms with E-state index in [1.807, 2.05) is 6.08 Å². The Morgan fingerprint density at radius 1 is 1.19 bits per heavy atom. The lowest BCUT2D eigenvalue weighted by atomic mass is 10.1. The second kappa shape index (κ2) is 8.08. The Labute approximate surface area is 98.1 Å². The third kappa shape index (κ3) is 5.10. The van der Waals surface area contributed by atoms with Crippen molar-refractivity contribution in [1.29, 1.82) is 0 Å². The first-order valence-electron chi connectivity index (χ1n) is 5.83. The summed E-state index contributed by atoms with van der Waals surface area (Å²) < 4.78 is 5.55. The van der Waals surface area contributed by atoms with Crippen molar-refractivity contribution < 1.29 is 4.74 Å². The highest BCUT2D eigenvalue weighted by atomic mass is 16.5. The van der Waals surface area contributed by atoms with Gasteiger partial charge < -0.3 is 10.5 Å². The zero-order valence-electron chi connectivity index (χ0n) is 9.82. The van der Waals surface area contributed by atoms with Crippen molar-refractivity contribution in [2.75, 3.05) is 13.2 Å². The SMILES string of the molecule is C=CCCCOCc1ccc(CCN)cc1. The highest BCUT2D eigenvalue weighted by Gasteiger charge is 1.94. The molecule has 0 heterocycles. The summed E-state index contributed by atoms with van der Waals surface area (Å²) in [6.45, 7) is 5.88. The van der Waals surface area contributed by atoms with Gasteiger partial charge in [0.1, 0.15) is 0 Å². The first-order valence-corrected chi connectivity index (χ1v) is 5.83. The zero-order chi connectivity index (χ0) is 11.6. The molecule has 0 aromatic heterocycles. The van der Waals surface area contributed by atoms with E-state index in [4.69, 9.17) is 10.5 Å². The molecule has 0 saturated heterocycles. The van der Waals surface area contributed by atoms with Crippen LogP contribution in [0.1, 0.15) is 24.0 Å². The van der Waals surface area contributed by atoms with Crippen LogP contribution in [0.25, 0.3) is 0 Å². The molecule has 0 aliphatic carbocycles. The van der Waals surface area contributed by atoms with E-state index in [-0.39, 0.29) is 0 Å². The van der Waals surface area contributed by atoms with E-state index in [1.165, 1.54) is 11.1 Å². The van der Waals surface area contributed by atoms with Crippen molar-refractivity contribution >= 4 is 0 Å². The Balaban J connectivity index is 2.23. The van der Waals surface area contributed by atoms with Gasteiger partial charge in [-0.3, -0.25) is 0 Å². The van der Waals surface area contributed by atoms with Gasteiger partial charge in [-0.1, -0.05) is 30.3 Å². The number of ether oxygens (including phenoxy) is 1. The molecule has 0 aliphatic rings. The van der Waals surface area contributed by atoms with Crippen LogP contribution < -0.4 is 5.73 Å². The maximum atomic E-state index is 5.55. The Kier molecular flexibility index (Phi) is 6.54. The van der Waals surface area contributed by atoms with Crippen LogP contribution in [-0.2, 0) is 17.8 Å². The molecule has 1 rings (SSSR count). The smallest absolute Gasteiger partial charge is 0.0716 e. The van der Waals surface area contributed by atoms with Crippen molar-refractivity contribution in [3.63, 3.8) is 0 Å². The molecule has 0 saturated carbocycles. The quantitative estimate of drug-likeness (QED) is 0.539. The van der Waals surface area contributed by atoms with Gasteiger partial charge >= 0.3 is 0 Å². The first kappa shape index (κ1) is 12.9. The van der Waals surface area contributed by atoms with Crippen molar-refractivity contribution in [1.82, 2.24) is 0 Å². The average molecular weight is 219 g/mol. The summed E-state index contributed by atoms with van der Waals surface area (Å²) in [6, 6.07) is 8.46. The highest BCUT2D eigenvalue weighted by Crippen LogP contribution is 2.06. The molecule has 0 bridgehead atoms. The van der Waals surface area contributed by atoms with E-state index in [0.29, 0.717) is 13.2 Å². The number of hydrogen-bond donors (Lipinski definition) is 1. The third-order valence-corrected chi connectivity index (χ3v) is 2.42. The van der Waals surface area contributed by atoms with Gasteiger partial charge in [-0.2, -0.15) is 0 Å². The first-order chi connectivity index (χ1) is 7.86. The normalized spacial score (nSPS) is 10.3. The van der Waals surface area contributed by atoms with Gasteiger partial charge in [0.05, 0.1) is 6.61 Å². The van der Waals surface area contributed by atoms with Crippen molar-refractivity contribution in [3.8, 4) is 0 Å². The van der Waals surface area contributed by atoms with E-state index in [0.717, 1.165) is 25.9 Å². The van der Waals surface area contributed by atoms with Crippen LogP contribution in [-0.4, -0.2) is 13.2 Å². The minimum absolute atomic E-state index is 0.694. The van der Waals surface area contributed by atoms with Crippen LogP contribution in [0.15, 0.2) is 36.9 Å². The molecular weight excluding hydrogens is 198 g/mol. The molecule has 0 spiro atoms. The van der Waals surface area contributed by atoms with E-state index < -0.39 is 0 Å². The minimum Gasteiger partial charge on any atom is -0.377 e. The van der Waals surface area contributed by atoms with E-state index >= 15 is 0 Å². The number of rotatable bonds is 8. The number of nitrogens with two attached hydrogens (primary N) is 1. The van der Waals surface area contributed by atoms with Gasteiger partial charge in [0, 0.05) is 6.61 Å². The third-order valence-electron chi connectivity index (χ3n) is 2.42. The maximum absolute atomic E-state index is 5.55. The van der Waals surface area contributed by atoms with Crippen molar-refractivity contribution in [2.45, 2.75) is 25.9 Å². The number of benzene rings is 1. The fourth-order valence-corrected chi connectivity index (χ4v) is 1.49. The summed E-state index contributed by atoms with van der Waals surface area (Å²) in [5.41, 5.74) is 8.00. The largest absolute Gasteiger partial charge is 0.377 e. The molecule has 0 radical (unpaired) electrons. The standard InChI is InChI=1S/C14H21NO/c1-2-3-4-11-16-12-14-7-5-13(6-8-14)9-10-15/h2,5-8H,1,3-4,9-12,15H2. The molecule has 1 aromatic rings. The lowest BCUT2D eigenvalue weighted by Gasteiger charge is -2.04. The Hall–Kier alpha value is -1.12. The van der Waals surface area contributed by atoms with Crippen LogP contribution in [0.2, 0.25) is 0 Å². The van der Waals surface area contributed by atoms with Gasteiger partial charge in [0.2, 0.25) is 0 Å². The second-order valence-corrected chi connectivity index (χ2v) is 3.84. The Morgan fingerprint density at radius 3 is 2.50 bits per heavy atom. The Bertz CT molecular complexity index is 292. The van der Waals surface area contributed by atoms with Gasteiger partial charge in [0.25, 0.3) is 0 Å².